The summed E-state index contributed by atoms with van der Waals surface area (Å²) in [5, 5.41) is 4.53. The summed E-state index contributed by atoms with van der Waals surface area (Å²) in [4.78, 5) is 12.0. The van der Waals surface area contributed by atoms with Crippen LogP contribution in [0.4, 0.5) is 5.69 Å². The van der Waals surface area contributed by atoms with Crippen molar-refractivity contribution in [3.63, 3.8) is 0 Å². The van der Waals surface area contributed by atoms with Crippen molar-refractivity contribution in [2.24, 2.45) is 7.05 Å². The Morgan fingerprint density at radius 1 is 1.40 bits per heavy atom. The lowest BCUT2D eigenvalue weighted by Crippen LogP contribution is -2.31. The summed E-state index contributed by atoms with van der Waals surface area (Å²) in [7, 11) is 1.80. The summed E-state index contributed by atoms with van der Waals surface area (Å²) in [5.41, 5.74) is 1.85. The minimum atomic E-state index is 0.00532. The first-order chi connectivity index (χ1) is 9.66. The average molecular weight is 272 g/mol. The smallest absolute Gasteiger partial charge is 0.252 e. The lowest BCUT2D eigenvalue weighted by atomic mass is 10.1. The number of pyridine rings is 1. The quantitative estimate of drug-likeness (QED) is 0.933. The minimum absolute atomic E-state index is 0.00532. The van der Waals surface area contributed by atoms with E-state index in [0.717, 1.165) is 36.0 Å². The Hall–Kier alpha value is -1.81. The maximum absolute atomic E-state index is 12.0. The Kier molecular flexibility index (Phi) is 3.49. The molecule has 0 bridgehead atoms. The van der Waals surface area contributed by atoms with Crippen molar-refractivity contribution in [2.75, 3.05) is 11.9 Å². The van der Waals surface area contributed by atoms with Crippen LogP contribution in [-0.4, -0.2) is 23.3 Å². The molecule has 2 aromatic rings. The summed E-state index contributed by atoms with van der Waals surface area (Å²) < 4.78 is 7.38. The third-order valence-electron chi connectivity index (χ3n) is 4.06. The molecule has 0 amide bonds. The molecule has 1 aromatic heterocycles. The van der Waals surface area contributed by atoms with Crippen molar-refractivity contribution >= 4 is 16.6 Å². The monoisotopic (exact) mass is 272 g/mol. The van der Waals surface area contributed by atoms with Crippen molar-refractivity contribution in [3.05, 3.63) is 40.7 Å². The maximum atomic E-state index is 12.0. The summed E-state index contributed by atoms with van der Waals surface area (Å²) in [6.45, 7) is 2.95. The second-order valence-corrected chi connectivity index (χ2v) is 5.46. The number of aryl methyl sites for hydroxylation is 1. The summed E-state index contributed by atoms with van der Waals surface area (Å²) in [6.07, 6.45) is 2.43. The van der Waals surface area contributed by atoms with E-state index >= 15 is 0 Å². The van der Waals surface area contributed by atoms with E-state index in [2.05, 4.69) is 12.2 Å². The van der Waals surface area contributed by atoms with Gasteiger partial charge in [0.2, 0.25) is 0 Å². The van der Waals surface area contributed by atoms with Crippen molar-refractivity contribution in [2.45, 2.75) is 31.9 Å². The van der Waals surface area contributed by atoms with Crippen LogP contribution in [0.5, 0.6) is 0 Å². The van der Waals surface area contributed by atoms with Crippen LogP contribution in [0.3, 0.4) is 0 Å². The Bertz CT molecular complexity index is 672. The first-order valence-corrected chi connectivity index (χ1v) is 7.14. The molecule has 0 radical (unpaired) electrons. The van der Waals surface area contributed by atoms with Gasteiger partial charge in [-0.15, -0.1) is 0 Å². The largest absolute Gasteiger partial charge is 0.379 e. The number of rotatable bonds is 3. The highest BCUT2D eigenvalue weighted by Gasteiger charge is 2.22. The molecule has 2 unspecified atom stereocenters. The number of benzene rings is 1. The van der Waals surface area contributed by atoms with Gasteiger partial charge in [0.05, 0.1) is 11.6 Å². The van der Waals surface area contributed by atoms with Crippen LogP contribution in [0.15, 0.2) is 35.1 Å². The van der Waals surface area contributed by atoms with Gasteiger partial charge < -0.3 is 14.6 Å². The number of nitrogens with one attached hydrogen (secondary N) is 1. The van der Waals surface area contributed by atoms with Crippen LogP contribution in [0.2, 0.25) is 0 Å². The van der Waals surface area contributed by atoms with E-state index in [1.807, 2.05) is 24.3 Å². The van der Waals surface area contributed by atoms with Crippen LogP contribution >= 0.6 is 0 Å². The van der Waals surface area contributed by atoms with Gasteiger partial charge in [-0.1, -0.05) is 18.2 Å². The fourth-order valence-electron chi connectivity index (χ4n) is 2.87. The third kappa shape index (κ3) is 2.31. The van der Waals surface area contributed by atoms with Gasteiger partial charge in [0.1, 0.15) is 0 Å². The predicted octanol–water partition coefficient (Wildman–Crippen LogP) is 2.52. The van der Waals surface area contributed by atoms with Crippen molar-refractivity contribution in [3.8, 4) is 0 Å². The molecular formula is C16H20N2O2. The van der Waals surface area contributed by atoms with Gasteiger partial charge in [-0.2, -0.15) is 0 Å². The molecule has 4 heteroatoms. The first-order valence-electron chi connectivity index (χ1n) is 7.14. The number of para-hydroxylation sites is 1. The van der Waals surface area contributed by atoms with Crippen LogP contribution in [-0.2, 0) is 11.8 Å². The second-order valence-electron chi connectivity index (χ2n) is 5.46. The van der Waals surface area contributed by atoms with E-state index < -0.39 is 0 Å². The van der Waals surface area contributed by atoms with Gasteiger partial charge in [-0.3, -0.25) is 4.79 Å². The summed E-state index contributed by atoms with van der Waals surface area (Å²) in [5.74, 6) is 0. The molecule has 2 atom stereocenters. The zero-order valence-corrected chi connectivity index (χ0v) is 11.9. The lowest BCUT2D eigenvalue weighted by Gasteiger charge is -2.22. The highest BCUT2D eigenvalue weighted by Crippen LogP contribution is 2.24. The molecule has 20 heavy (non-hydrogen) atoms. The summed E-state index contributed by atoms with van der Waals surface area (Å²) >= 11 is 0. The Morgan fingerprint density at radius 3 is 2.95 bits per heavy atom. The van der Waals surface area contributed by atoms with Gasteiger partial charge in [0, 0.05) is 36.8 Å². The van der Waals surface area contributed by atoms with Gasteiger partial charge >= 0.3 is 0 Å². The molecular weight excluding hydrogens is 252 g/mol. The molecule has 0 aliphatic carbocycles. The van der Waals surface area contributed by atoms with Crippen LogP contribution < -0.4 is 10.9 Å². The zero-order chi connectivity index (χ0) is 14.1. The van der Waals surface area contributed by atoms with Crippen molar-refractivity contribution in [1.29, 1.82) is 0 Å². The van der Waals surface area contributed by atoms with E-state index in [0.29, 0.717) is 0 Å². The number of aromatic nitrogens is 1. The highest BCUT2D eigenvalue weighted by atomic mass is 16.5. The second kappa shape index (κ2) is 5.29. The van der Waals surface area contributed by atoms with E-state index in [-0.39, 0.29) is 17.7 Å². The molecule has 1 saturated heterocycles. The van der Waals surface area contributed by atoms with Crippen LogP contribution in [0, 0.1) is 0 Å². The van der Waals surface area contributed by atoms with Crippen molar-refractivity contribution in [1.82, 2.24) is 4.57 Å². The van der Waals surface area contributed by atoms with Crippen molar-refractivity contribution < 1.29 is 4.74 Å². The molecule has 0 spiro atoms. The predicted molar refractivity (Wildman–Crippen MR) is 81.2 cm³/mol. The average Bonchev–Trinajstić information content (AvgIpc) is 2.99. The first kappa shape index (κ1) is 13.2. The topological polar surface area (TPSA) is 43.3 Å². The lowest BCUT2D eigenvalue weighted by molar-refractivity contribution is 0.0997. The number of hydrogen-bond acceptors (Lipinski definition) is 3. The fraction of sp³-hybridized carbons (Fsp3) is 0.438. The van der Waals surface area contributed by atoms with E-state index in [9.17, 15) is 4.79 Å². The SMILES string of the molecule is CC(Nc1cc(=O)n(C)c2ccccc12)C1CCCO1. The molecule has 2 heterocycles. The maximum Gasteiger partial charge on any atom is 0.252 e. The molecule has 1 aliphatic rings. The van der Waals surface area contributed by atoms with Gasteiger partial charge in [0.25, 0.3) is 5.56 Å². The van der Waals surface area contributed by atoms with Gasteiger partial charge in [-0.25, -0.2) is 0 Å². The Labute approximate surface area is 118 Å². The molecule has 1 fully saturated rings. The standard InChI is InChI=1S/C16H20N2O2/c1-11(15-8-5-9-20-15)17-13-10-16(19)18(2)14-7-4-3-6-12(13)14/h3-4,6-7,10-11,15,17H,5,8-9H2,1-2H3. The molecule has 1 aliphatic heterocycles. The van der Waals surface area contributed by atoms with E-state index in [1.165, 1.54) is 0 Å². The number of hydrogen-bond donors (Lipinski definition) is 1. The van der Waals surface area contributed by atoms with Gasteiger partial charge in [0.15, 0.2) is 0 Å². The van der Waals surface area contributed by atoms with Crippen LogP contribution in [0.1, 0.15) is 19.8 Å². The third-order valence-corrected chi connectivity index (χ3v) is 4.06. The Balaban J connectivity index is 1.98. The summed E-state index contributed by atoms with van der Waals surface area (Å²) in [6, 6.07) is 9.84. The van der Waals surface area contributed by atoms with Gasteiger partial charge in [-0.05, 0) is 25.8 Å². The van der Waals surface area contributed by atoms with E-state index in [1.54, 1.807) is 17.7 Å². The fourth-order valence-corrected chi connectivity index (χ4v) is 2.87. The zero-order valence-electron chi connectivity index (χ0n) is 11.9. The molecule has 106 valence electrons. The number of nitrogens with zero attached hydrogens (tertiary/aromatic N) is 1. The number of ether oxygens (including phenoxy) is 1. The highest BCUT2D eigenvalue weighted by molar-refractivity contribution is 5.91. The number of anilines is 1. The Morgan fingerprint density at radius 2 is 2.20 bits per heavy atom. The molecule has 3 rings (SSSR count). The molecule has 1 aromatic carbocycles. The normalized spacial score (nSPS) is 20.2. The molecule has 0 saturated carbocycles. The number of fused-ring (bicyclic) bond motifs is 1. The molecule has 1 N–H and O–H groups in total. The van der Waals surface area contributed by atoms with E-state index in [4.69, 9.17) is 4.74 Å². The molecule has 4 nitrogen and oxygen atoms in total. The minimum Gasteiger partial charge on any atom is -0.379 e. The van der Waals surface area contributed by atoms with Crippen LogP contribution in [0.25, 0.3) is 10.9 Å².